The average molecular weight is 272 g/mol. The predicted octanol–water partition coefficient (Wildman–Crippen LogP) is 3.22. The molecule has 20 heavy (non-hydrogen) atoms. The molecule has 2 aliphatic heterocycles. The van der Waals surface area contributed by atoms with Crippen molar-refractivity contribution in [1.29, 1.82) is 0 Å². The summed E-state index contributed by atoms with van der Waals surface area (Å²) in [4.78, 5) is 2.62. The van der Waals surface area contributed by atoms with Gasteiger partial charge in [-0.15, -0.1) is 0 Å². The highest BCUT2D eigenvalue weighted by molar-refractivity contribution is 5.14. The molecule has 2 saturated heterocycles. The number of rotatable bonds is 5. The first-order chi connectivity index (χ1) is 9.72. The van der Waals surface area contributed by atoms with Gasteiger partial charge in [-0.3, -0.25) is 0 Å². The van der Waals surface area contributed by atoms with Gasteiger partial charge in [-0.25, -0.2) is 0 Å². The third kappa shape index (κ3) is 3.24. The number of piperidine rings is 1. The van der Waals surface area contributed by atoms with Crippen molar-refractivity contribution in [1.82, 2.24) is 10.2 Å². The van der Waals surface area contributed by atoms with Crippen LogP contribution >= 0.6 is 0 Å². The molecule has 2 bridgehead atoms. The molecular weight excluding hydrogens is 244 g/mol. The SMILES string of the molecule is CC(CCc1ccccc1)NC1CC2CCC(C1)N2C. The van der Waals surface area contributed by atoms with Gasteiger partial charge in [0.05, 0.1) is 0 Å². The number of fused-ring (bicyclic) bond motifs is 2. The van der Waals surface area contributed by atoms with Crippen LogP contribution in [0.4, 0.5) is 0 Å². The first-order valence-corrected chi connectivity index (χ1v) is 8.24. The second kappa shape index (κ2) is 6.28. The first-order valence-electron chi connectivity index (χ1n) is 8.24. The van der Waals surface area contributed by atoms with Gasteiger partial charge >= 0.3 is 0 Å². The fourth-order valence-electron chi connectivity index (χ4n) is 4.06. The molecule has 1 aromatic rings. The fraction of sp³-hybridized carbons (Fsp3) is 0.667. The number of aryl methyl sites for hydroxylation is 1. The molecule has 0 radical (unpaired) electrons. The topological polar surface area (TPSA) is 15.3 Å². The van der Waals surface area contributed by atoms with Crippen LogP contribution in [-0.4, -0.2) is 36.1 Å². The van der Waals surface area contributed by atoms with Gasteiger partial charge in [-0.1, -0.05) is 30.3 Å². The van der Waals surface area contributed by atoms with E-state index in [-0.39, 0.29) is 0 Å². The van der Waals surface area contributed by atoms with Gasteiger partial charge in [0.2, 0.25) is 0 Å². The van der Waals surface area contributed by atoms with Crippen LogP contribution in [0.3, 0.4) is 0 Å². The van der Waals surface area contributed by atoms with E-state index in [4.69, 9.17) is 0 Å². The normalized spacial score (nSPS) is 31.4. The number of nitrogens with zero attached hydrogens (tertiary/aromatic N) is 1. The van der Waals surface area contributed by atoms with Gasteiger partial charge in [-0.2, -0.15) is 0 Å². The molecule has 3 atom stereocenters. The smallest absolute Gasteiger partial charge is 0.0111 e. The Morgan fingerprint density at radius 3 is 2.45 bits per heavy atom. The predicted molar refractivity (Wildman–Crippen MR) is 85.0 cm³/mol. The van der Waals surface area contributed by atoms with E-state index in [1.165, 1.54) is 44.1 Å². The molecular formula is C18H28N2. The highest BCUT2D eigenvalue weighted by Gasteiger charge is 2.38. The number of hydrogen-bond donors (Lipinski definition) is 1. The van der Waals surface area contributed by atoms with E-state index in [1.807, 2.05) is 0 Å². The lowest BCUT2D eigenvalue weighted by Crippen LogP contribution is -2.49. The fourth-order valence-corrected chi connectivity index (χ4v) is 4.06. The highest BCUT2D eigenvalue weighted by Crippen LogP contribution is 2.34. The minimum atomic E-state index is 0.628. The largest absolute Gasteiger partial charge is 0.311 e. The minimum absolute atomic E-state index is 0.628. The van der Waals surface area contributed by atoms with Crippen LogP contribution in [0.25, 0.3) is 0 Å². The van der Waals surface area contributed by atoms with E-state index in [0.717, 1.165) is 18.1 Å². The Balaban J connectivity index is 1.44. The van der Waals surface area contributed by atoms with E-state index < -0.39 is 0 Å². The number of hydrogen-bond acceptors (Lipinski definition) is 2. The zero-order chi connectivity index (χ0) is 13.9. The first kappa shape index (κ1) is 14.1. The Labute approximate surface area is 123 Å². The van der Waals surface area contributed by atoms with Crippen molar-refractivity contribution in [3.05, 3.63) is 35.9 Å². The molecule has 2 fully saturated rings. The molecule has 1 N–H and O–H groups in total. The zero-order valence-corrected chi connectivity index (χ0v) is 12.9. The second-order valence-electron chi connectivity index (χ2n) is 6.81. The van der Waals surface area contributed by atoms with Gasteiger partial charge in [0.1, 0.15) is 0 Å². The molecule has 2 heteroatoms. The van der Waals surface area contributed by atoms with Crippen molar-refractivity contribution in [3.63, 3.8) is 0 Å². The van der Waals surface area contributed by atoms with E-state index in [9.17, 15) is 0 Å². The maximum atomic E-state index is 3.88. The van der Waals surface area contributed by atoms with E-state index in [2.05, 4.69) is 54.5 Å². The summed E-state index contributed by atoms with van der Waals surface area (Å²) in [5, 5.41) is 3.88. The average Bonchev–Trinajstić information content (AvgIpc) is 2.68. The third-order valence-corrected chi connectivity index (χ3v) is 5.33. The molecule has 2 aliphatic rings. The zero-order valence-electron chi connectivity index (χ0n) is 12.9. The van der Waals surface area contributed by atoms with Gasteiger partial charge in [0.25, 0.3) is 0 Å². The molecule has 3 unspecified atom stereocenters. The summed E-state index contributed by atoms with van der Waals surface area (Å²) in [6, 6.07) is 13.9. The van der Waals surface area contributed by atoms with Crippen molar-refractivity contribution in [2.75, 3.05) is 7.05 Å². The van der Waals surface area contributed by atoms with Crippen molar-refractivity contribution in [2.45, 2.75) is 69.6 Å². The number of nitrogens with one attached hydrogen (secondary N) is 1. The van der Waals surface area contributed by atoms with Crippen LogP contribution in [-0.2, 0) is 6.42 Å². The molecule has 3 rings (SSSR count). The molecule has 2 heterocycles. The van der Waals surface area contributed by atoms with Crippen molar-refractivity contribution < 1.29 is 0 Å². The molecule has 0 amide bonds. The van der Waals surface area contributed by atoms with E-state index in [1.54, 1.807) is 0 Å². The Bertz CT molecular complexity index is 403. The summed E-state index contributed by atoms with van der Waals surface area (Å²) >= 11 is 0. The molecule has 0 aromatic heterocycles. The summed E-state index contributed by atoms with van der Waals surface area (Å²) in [5.41, 5.74) is 1.46. The van der Waals surface area contributed by atoms with Crippen LogP contribution in [0.15, 0.2) is 30.3 Å². The monoisotopic (exact) mass is 272 g/mol. The van der Waals surface area contributed by atoms with Gasteiger partial charge in [0.15, 0.2) is 0 Å². The summed E-state index contributed by atoms with van der Waals surface area (Å²) in [5.74, 6) is 0. The van der Waals surface area contributed by atoms with Crippen LogP contribution in [0, 0.1) is 0 Å². The Kier molecular flexibility index (Phi) is 4.42. The third-order valence-electron chi connectivity index (χ3n) is 5.33. The van der Waals surface area contributed by atoms with Crippen LogP contribution in [0.2, 0.25) is 0 Å². The molecule has 0 spiro atoms. The maximum Gasteiger partial charge on any atom is 0.0111 e. The Morgan fingerprint density at radius 1 is 1.15 bits per heavy atom. The maximum absolute atomic E-state index is 3.88. The summed E-state index contributed by atoms with van der Waals surface area (Å²) in [7, 11) is 2.32. The lowest BCUT2D eigenvalue weighted by atomic mass is 9.96. The van der Waals surface area contributed by atoms with Crippen LogP contribution < -0.4 is 5.32 Å². The summed E-state index contributed by atoms with van der Waals surface area (Å²) in [6.07, 6.45) is 7.96. The summed E-state index contributed by atoms with van der Waals surface area (Å²) < 4.78 is 0. The molecule has 0 aliphatic carbocycles. The Hall–Kier alpha value is -0.860. The van der Waals surface area contributed by atoms with Gasteiger partial charge < -0.3 is 10.2 Å². The van der Waals surface area contributed by atoms with Crippen molar-refractivity contribution >= 4 is 0 Å². The van der Waals surface area contributed by atoms with E-state index >= 15 is 0 Å². The molecule has 1 aromatic carbocycles. The lowest BCUT2D eigenvalue weighted by molar-refractivity contribution is 0.143. The molecule has 2 nitrogen and oxygen atoms in total. The lowest BCUT2D eigenvalue weighted by Gasteiger charge is -2.38. The van der Waals surface area contributed by atoms with E-state index in [0.29, 0.717) is 6.04 Å². The van der Waals surface area contributed by atoms with Gasteiger partial charge in [-0.05, 0) is 58.1 Å². The second-order valence-corrected chi connectivity index (χ2v) is 6.81. The quantitative estimate of drug-likeness (QED) is 0.885. The molecule has 110 valence electrons. The summed E-state index contributed by atoms with van der Waals surface area (Å²) in [6.45, 7) is 2.35. The number of benzene rings is 1. The van der Waals surface area contributed by atoms with Crippen molar-refractivity contribution in [3.8, 4) is 0 Å². The highest BCUT2D eigenvalue weighted by atomic mass is 15.2. The van der Waals surface area contributed by atoms with Gasteiger partial charge in [0, 0.05) is 24.2 Å². The standard InChI is InChI=1S/C18H28N2/c1-14(8-9-15-6-4-3-5-7-15)19-16-12-17-10-11-18(13-16)20(17)2/h3-7,14,16-19H,8-13H2,1-2H3. The minimum Gasteiger partial charge on any atom is -0.311 e. The van der Waals surface area contributed by atoms with Crippen LogP contribution in [0.1, 0.15) is 44.6 Å². The van der Waals surface area contributed by atoms with Crippen LogP contribution in [0.5, 0.6) is 0 Å². The molecule has 0 saturated carbocycles. The Morgan fingerprint density at radius 2 is 1.80 bits per heavy atom. The van der Waals surface area contributed by atoms with Crippen molar-refractivity contribution in [2.24, 2.45) is 0 Å².